The van der Waals surface area contributed by atoms with Crippen LogP contribution >= 0.6 is 22.9 Å². The molecular formula is C14H16ClFN2S. The molecule has 2 aromatic rings. The van der Waals surface area contributed by atoms with Crippen LogP contribution in [0.1, 0.15) is 30.6 Å². The summed E-state index contributed by atoms with van der Waals surface area (Å²) in [5.41, 5.74) is 3.86. The maximum absolute atomic E-state index is 13.2. The van der Waals surface area contributed by atoms with Crippen molar-refractivity contribution in [1.29, 1.82) is 0 Å². The van der Waals surface area contributed by atoms with E-state index in [1.165, 1.54) is 6.07 Å². The first kappa shape index (κ1) is 14.4. The summed E-state index contributed by atoms with van der Waals surface area (Å²) in [4.78, 5) is 4.35. The minimum absolute atomic E-state index is 0.146. The molecule has 2 rings (SSSR count). The van der Waals surface area contributed by atoms with Crippen molar-refractivity contribution in [2.75, 3.05) is 6.54 Å². The van der Waals surface area contributed by atoms with Crippen LogP contribution in [0.25, 0.3) is 0 Å². The Kier molecular flexibility index (Phi) is 5.31. The Labute approximate surface area is 121 Å². The van der Waals surface area contributed by atoms with Gasteiger partial charge in [0.1, 0.15) is 5.82 Å². The summed E-state index contributed by atoms with van der Waals surface area (Å²) in [6.07, 6.45) is 1.81. The third-order valence-electron chi connectivity index (χ3n) is 2.87. The van der Waals surface area contributed by atoms with E-state index < -0.39 is 0 Å². The molecule has 1 unspecified atom stereocenters. The molecule has 0 aliphatic carbocycles. The molecule has 1 aromatic heterocycles. The quantitative estimate of drug-likeness (QED) is 0.864. The third-order valence-corrected chi connectivity index (χ3v) is 3.77. The molecule has 0 spiro atoms. The van der Waals surface area contributed by atoms with Gasteiger partial charge in [-0.05, 0) is 37.1 Å². The molecule has 1 N–H and O–H groups in total. The number of nitrogens with zero attached hydrogens (tertiary/aromatic N) is 1. The van der Waals surface area contributed by atoms with Crippen molar-refractivity contribution >= 4 is 22.9 Å². The van der Waals surface area contributed by atoms with Gasteiger partial charge in [0.05, 0.1) is 22.3 Å². The molecule has 0 amide bonds. The zero-order valence-corrected chi connectivity index (χ0v) is 12.3. The Hall–Kier alpha value is -0.970. The topological polar surface area (TPSA) is 24.9 Å². The first-order valence-corrected chi connectivity index (χ1v) is 7.58. The van der Waals surface area contributed by atoms with Crippen molar-refractivity contribution in [1.82, 2.24) is 10.3 Å². The van der Waals surface area contributed by atoms with Gasteiger partial charge in [-0.25, -0.2) is 9.37 Å². The predicted molar refractivity (Wildman–Crippen MR) is 78.3 cm³/mol. The van der Waals surface area contributed by atoms with E-state index in [9.17, 15) is 4.39 Å². The number of rotatable bonds is 6. The standard InChI is InChI=1S/C14H16ClFN2S/c1-2-5-17-13(14-8-19-9-18-14)7-10-3-4-12(16)11(15)6-10/h3-4,6,8-9,13,17H,2,5,7H2,1H3. The summed E-state index contributed by atoms with van der Waals surface area (Å²) >= 11 is 7.40. The summed E-state index contributed by atoms with van der Waals surface area (Å²) in [5.74, 6) is -0.378. The summed E-state index contributed by atoms with van der Waals surface area (Å²) in [5, 5.41) is 5.67. The third kappa shape index (κ3) is 4.00. The zero-order valence-electron chi connectivity index (χ0n) is 10.7. The zero-order chi connectivity index (χ0) is 13.7. The minimum atomic E-state index is -0.378. The lowest BCUT2D eigenvalue weighted by Gasteiger charge is -2.16. The van der Waals surface area contributed by atoms with Crippen LogP contribution in [0.3, 0.4) is 0 Å². The Morgan fingerprint density at radius 2 is 2.32 bits per heavy atom. The van der Waals surface area contributed by atoms with Gasteiger partial charge in [0, 0.05) is 5.38 Å². The van der Waals surface area contributed by atoms with Crippen LogP contribution in [-0.4, -0.2) is 11.5 Å². The highest BCUT2D eigenvalue weighted by molar-refractivity contribution is 7.07. The molecule has 0 saturated carbocycles. The van der Waals surface area contributed by atoms with Gasteiger partial charge in [-0.2, -0.15) is 0 Å². The van der Waals surface area contributed by atoms with Crippen molar-refractivity contribution < 1.29 is 4.39 Å². The average Bonchev–Trinajstić information content (AvgIpc) is 2.92. The van der Waals surface area contributed by atoms with E-state index in [0.717, 1.165) is 30.6 Å². The summed E-state index contributed by atoms with van der Waals surface area (Å²) in [6.45, 7) is 3.05. The van der Waals surface area contributed by atoms with E-state index in [-0.39, 0.29) is 16.9 Å². The lowest BCUT2D eigenvalue weighted by molar-refractivity contribution is 0.519. The van der Waals surface area contributed by atoms with E-state index in [1.54, 1.807) is 23.5 Å². The van der Waals surface area contributed by atoms with E-state index in [1.807, 2.05) is 10.9 Å². The summed E-state index contributed by atoms with van der Waals surface area (Å²) in [6, 6.07) is 5.01. The second kappa shape index (κ2) is 6.98. The van der Waals surface area contributed by atoms with Crippen molar-refractivity contribution in [2.45, 2.75) is 25.8 Å². The maximum Gasteiger partial charge on any atom is 0.141 e. The molecule has 1 atom stereocenters. The van der Waals surface area contributed by atoms with Gasteiger partial charge in [0.2, 0.25) is 0 Å². The number of aromatic nitrogens is 1. The van der Waals surface area contributed by atoms with Crippen LogP contribution < -0.4 is 5.32 Å². The second-order valence-electron chi connectivity index (χ2n) is 4.37. The number of benzene rings is 1. The molecule has 0 fully saturated rings. The highest BCUT2D eigenvalue weighted by Crippen LogP contribution is 2.22. The van der Waals surface area contributed by atoms with Gasteiger partial charge < -0.3 is 5.32 Å². The van der Waals surface area contributed by atoms with Crippen molar-refractivity contribution in [3.05, 3.63) is 51.2 Å². The van der Waals surface area contributed by atoms with Crippen LogP contribution in [0.15, 0.2) is 29.1 Å². The number of halogens is 2. The summed E-state index contributed by atoms with van der Waals surface area (Å²) in [7, 11) is 0. The van der Waals surface area contributed by atoms with Gasteiger partial charge in [0.25, 0.3) is 0 Å². The highest BCUT2D eigenvalue weighted by atomic mass is 35.5. The number of thiazole rings is 1. The Morgan fingerprint density at radius 1 is 1.47 bits per heavy atom. The van der Waals surface area contributed by atoms with Crippen LogP contribution in [0.2, 0.25) is 5.02 Å². The Bertz CT molecular complexity index is 516. The van der Waals surface area contributed by atoms with Gasteiger partial charge in [-0.1, -0.05) is 24.6 Å². The van der Waals surface area contributed by atoms with Gasteiger partial charge in [-0.15, -0.1) is 11.3 Å². The lowest BCUT2D eigenvalue weighted by atomic mass is 10.0. The predicted octanol–water partition coefficient (Wildman–Crippen LogP) is 4.22. The number of hydrogen-bond donors (Lipinski definition) is 1. The number of hydrogen-bond acceptors (Lipinski definition) is 3. The molecule has 0 radical (unpaired) electrons. The molecular weight excluding hydrogens is 283 g/mol. The molecule has 102 valence electrons. The fourth-order valence-corrected chi connectivity index (χ4v) is 2.71. The fourth-order valence-electron chi connectivity index (χ4n) is 1.90. The molecule has 5 heteroatoms. The van der Waals surface area contributed by atoms with Crippen molar-refractivity contribution in [3.63, 3.8) is 0 Å². The fraction of sp³-hybridized carbons (Fsp3) is 0.357. The molecule has 0 aliphatic rings. The molecule has 0 saturated heterocycles. The minimum Gasteiger partial charge on any atom is -0.308 e. The van der Waals surface area contributed by atoms with Crippen molar-refractivity contribution in [3.8, 4) is 0 Å². The smallest absolute Gasteiger partial charge is 0.141 e. The SMILES string of the molecule is CCCNC(Cc1ccc(F)c(Cl)c1)c1cscn1. The second-order valence-corrected chi connectivity index (χ2v) is 5.50. The summed E-state index contributed by atoms with van der Waals surface area (Å²) < 4.78 is 13.2. The molecule has 19 heavy (non-hydrogen) atoms. The average molecular weight is 299 g/mol. The normalized spacial score (nSPS) is 12.6. The Morgan fingerprint density at radius 3 is 2.95 bits per heavy atom. The first-order valence-electron chi connectivity index (χ1n) is 6.26. The lowest BCUT2D eigenvalue weighted by Crippen LogP contribution is -2.24. The maximum atomic E-state index is 13.2. The van der Waals surface area contributed by atoms with Gasteiger partial charge in [-0.3, -0.25) is 0 Å². The van der Waals surface area contributed by atoms with Crippen LogP contribution in [-0.2, 0) is 6.42 Å². The van der Waals surface area contributed by atoms with E-state index >= 15 is 0 Å². The molecule has 1 aromatic carbocycles. The van der Waals surface area contributed by atoms with E-state index in [0.29, 0.717) is 0 Å². The van der Waals surface area contributed by atoms with E-state index in [2.05, 4.69) is 17.2 Å². The van der Waals surface area contributed by atoms with Crippen LogP contribution in [0.5, 0.6) is 0 Å². The Balaban J connectivity index is 2.13. The van der Waals surface area contributed by atoms with Crippen LogP contribution in [0.4, 0.5) is 4.39 Å². The highest BCUT2D eigenvalue weighted by Gasteiger charge is 2.14. The first-order chi connectivity index (χ1) is 9.20. The van der Waals surface area contributed by atoms with Crippen LogP contribution in [0, 0.1) is 5.82 Å². The molecule has 0 bridgehead atoms. The largest absolute Gasteiger partial charge is 0.308 e. The van der Waals surface area contributed by atoms with Gasteiger partial charge in [0.15, 0.2) is 0 Å². The molecule has 0 aliphatic heterocycles. The molecule has 1 heterocycles. The van der Waals surface area contributed by atoms with Crippen molar-refractivity contribution in [2.24, 2.45) is 0 Å². The van der Waals surface area contributed by atoms with E-state index in [4.69, 9.17) is 11.6 Å². The number of nitrogens with one attached hydrogen (secondary N) is 1. The van der Waals surface area contributed by atoms with Gasteiger partial charge >= 0.3 is 0 Å². The molecule has 2 nitrogen and oxygen atoms in total. The monoisotopic (exact) mass is 298 g/mol.